The molecule has 0 spiro atoms. The molecule has 6 aromatic rings. The summed E-state index contributed by atoms with van der Waals surface area (Å²) in [6.07, 6.45) is 0. The van der Waals surface area contributed by atoms with Crippen molar-refractivity contribution in [2.75, 3.05) is 0 Å². The van der Waals surface area contributed by atoms with Crippen molar-refractivity contribution < 1.29 is 15.1 Å². The Labute approximate surface area is 393 Å². The highest BCUT2D eigenvalue weighted by Crippen LogP contribution is 2.21. The van der Waals surface area contributed by atoms with Crippen LogP contribution in [0.25, 0.3) is 0 Å². The summed E-state index contributed by atoms with van der Waals surface area (Å²) in [5.74, 6) is 3.75. The molecule has 7 heteroatoms. The van der Waals surface area contributed by atoms with Crippen LogP contribution in [0.15, 0.2) is 150 Å². The summed E-state index contributed by atoms with van der Waals surface area (Å²) >= 11 is 9.11. The fourth-order valence-corrected chi connectivity index (χ4v) is 5.89. The molecule has 0 aliphatic heterocycles. The number of nitrogens with zero attached hydrogens (tertiary/aromatic N) is 1. The van der Waals surface area contributed by atoms with Gasteiger partial charge in [0.1, 0.15) is 5.75 Å². The van der Waals surface area contributed by atoms with Crippen LogP contribution in [0.4, 0.5) is 5.69 Å². The number of nitro benzene ring substituents is 1. The maximum Gasteiger partial charge on any atom is 0.269 e. The highest BCUT2D eigenvalue weighted by atomic mass is 79.9. The molecule has 2 N–H and O–H groups in total. The summed E-state index contributed by atoms with van der Waals surface area (Å²) in [6.45, 7) is 28.1. The van der Waals surface area contributed by atoms with Crippen molar-refractivity contribution >= 4 is 33.2 Å². The van der Waals surface area contributed by atoms with Gasteiger partial charge in [-0.25, -0.2) is 0 Å². The smallest absolute Gasteiger partial charge is 0.269 e. The lowest BCUT2D eigenvalue weighted by molar-refractivity contribution is -0.384. The minimum absolute atomic E-state index is 0.137. The van der Waals surface area contributed by atoms with Crippen LogP contribution in [0.2, 0.25) is 5.02 Å². The van der Waals surface area contributed by atoms with Gasteiger partial charge in [0.05, 0.1) is 11.5 Å². The third kappa shape index (κ3) is 24.0. The Kier molecular flexibility index (Phi) is 27.1. The van der Waals surface area contributed by atoms with Gasteiger partial charge in [0.25, 0.3) is 5.69 Å². The lowest BCUT2D eigenvalue weighted by atomic mass is 10.0. The summed E-state index contributed by atoms with van der Waals surface area (Å²) < 4.78 is 1.15. The summed E-state index contributed by atoms with van der Waals surface area (Å²) in [4.78, 5) is 9.90. The topological polar surface area (TPSA) is 83.6 Å². The Hall–Kier alpha value is -4.75. The molecule has 63 heavy (non-hydrogen) atoms. The molecule has 0 heterocycles. The number of phenols is 1. The number of rotatable bonds is 8. The van der Waals surface area contributed by atoms with Gasteiger partial charge >= 0.3 is 0 Å². The quantitative estimate of drug-likeness (QED) is 0.118. The van der Waals surface area contributed by atoms with E-state index in [1.54, 1.807) is 24.3 Å². The molecule has 340 valence electrons. The van der Waals surface area contributed by atoms with Crippen molar-refractivity contribution in [2.45, 2.75) is 132 Å². The van der Waals surface area contributed by atoms with Crippen LogP contribution in [-0.2, 0) is 6.61 Å². The Morgan fingerprint density at radius 3 is 1.05 bits per heavy atom. The summed E-state index contributed by atoms with van der Waals surface area (Å²) in [5.41, 5.74) is 10.3. The highest BCUT2D eigenvalue weighted by molar-refractivity contribution is 9.10. The van der Waals surface area contributed by atoms with E-state index in [4.69, 9.17) is 21.8 Å². The van der Waals surface area contributed by atoms with E-state index in [2.05, 4.69) is 179 Å². The SMILES string of the molecule is CC(C)c1ccc(Br)cc1.CC(C)c1ccc(CO)cc1.CC(C)c1ccc(Cl)cc1.CC(C)c1ccc(O)cc1.CC(C)c1ccc([N+](=O)[O-])cc1.Cc1ccc(C(C)C)cc1. The number of nitro groups is 1. The van der Waals surface area contributed by atoms with E-state index in [9.17, 15) is 10.1 Å². The normalized spacial score (nSPS) is 10.4. The molecule has 0 unspecified atom stereocenters. The standard InChI is InChI=1S/C10H14O.C10H14.C9H11Br.C9H11Cl.C9H11NO2.C9H12O/c1-8(2)10-5-3-9(7-11)4-6-10;1-8(2)10-6-4-9(3)5-7-10;2*1-7(2)8-3-5-9(10)6-4-8;1-7(2)8-3-5-9(6-4-8)10(11)12;1-7(2)8-3-5-9(10)6-4-8/h3-6,8,11H,7H2,1-2H3;4-8H,1-3H3;2*3-7H,1-2H3;3-7H,1-2H3;3-7,10H,1-2H3. The highest BCUT2D eigenvalue weighted by Gasteiger charge is 2.05. The van der Waals surface area contributed by atoms with Gasteiger partial charge in [0.15, 0.2) is 0 Å². The maximum absolute atomic E-state index is 10.3. The molecule has 6 rings (SSSR count). The molecule has 5 nitrogen and oxygen atoms in total. The molecule has 0 aliphatic carbocycles. The summed E-state index contributed by atoms with van der Waals surface area (Å²) in [5, 5.41) is 28.8. The lowest BCUT2D eigenvalue weighted by Gasteiger charge is -2.04. The first-order valence-electron chi connectivity index (χ1n) is 21.9. The molecule has 0 saturated heterocycles. The van der Waals surface area contributed by atoms with E-state index in [0.29, 0.717) is 41.3 Å². The first-order chi connectivity index (χ1) is 29.6. The Morgan fingerprint density at radius 2 is 0.746 bits per heavy atom. The molecular formula is C56H73BrClNO4. The van der Waals surface area contributed by atoms with Crippen LogP contribution >= 0.6 is 27.5 Å². The fourth-order valence-electron chi connectivity index (χ4n) is 5.49. The van der Waals surface area contributed by atoms with E-state index in [-0.39, 0.29) is 17.2 Å². The molecule has 0 aromatic heterocycles. The molecule has 0 atom stereocenters. The van der Waals surface area contributed by atoms with E-state index >= 15 is 0 Å². The number of aromatic hydroxyl groups is 1. The molecular weight excluding hydrogens is 866 g/mol. The average Bonchev–Trinajstić information content (AvgIpc) is 3.25. The van der Waals surface area contributed by atoms with Crippen LogP contribution in [0.3, 0.4) is 0 Å². The van der Waals surface area contributed by atoms with Crippen molar-refractivity contribution in [3.63, 3.8) is 0 Å². The number of benzene rings is 6. The van der Waals surface area contributed by atoms with Crippen molar-refractivity contribution in [1.29, 1.82) is 0 Å². The zero-order chi connectivity index (χ0) is 47.6. The zero-order valence-electron chi connectivity index (χ0n) is 39.9. The molecule has 0 fully saturated rings. The van der Waals surface area contributed by atoms with E-state index < -0.39 is 0 Å². The minimum Gasteiger partial charge on any atom is -0.508 e. The predicted octanol–water partition coefficient (Wildman–Crippen LogP) is 17.7. The Balaban J connectivity index is 0.000000378. The Bertz CT molecular complexity index is 1890. The minimum atomic E-state index is -0.385. The van der Waals surface area contributed by atoms with Crippen LogP contribution in [0.1, 0.15) is 163 Å². The predicted molar refractivity (Wildman–Crippen MR) is 275 cm³/mol. The van der Waals surface area contributed by atoms with Crippen LogP contribution < -0.4 is 0 Å². The number of aliphatic hydroxyl groups excluding tert-OH is 1. The largest absolute Gasteiger partial charge is 0.508 e. The molecule has 0 bridgehead atoms. The summed E-state index contributed by atoms with van der Waals surface area (Å²) in [7, 11) is 0. The number of hydrogen-bond donors (Lipinski definition) is 2. The number of phenolic OH excluding ortho intramolecular Hbond substituents is 1. The fraction of sp³-hybridized carbons (Fsp3) is 0.357. The van der Waals surface area contributed by atoms with Gasteiger partial charge in [-0.05, 0) is 118 Å². The van der Waals surface area contributed by atoms with Crippen LogP contribution in [-0.4, -0.2) is 15.1 Å². The number of hydrogen-bond acceptors (Lipinski definition) is 4. The zero-order valence-corrected chi connectivity index (χ0v) is 42.3. The van der Waals surface area contributed by atoms with E-state index in [1.165, 1.54) is 45.5 Å². The maximum atomic E-state index is 10.3. The first kappa shape index (κ1) is 56.3. The van der Waals surface area contributed by atoms with Gasteiger partial charge in [0, 0.05) is 21.6 Å². The second-order valence-electron chi connectivity index (χ2n) is 17.3. The van der Waals surface area contributed by atoms with Gasteiger partial charge in [-0.15, -0.1) is 0 Å². The molecule has 6 aromatic carbocycles. The molecule has 0 radical (unpaired) electrons. The van der Waals surface area contributed by atoms with Crippen molar-refractivity contribution in [2.24, 2.45) is 0 Å². The second-order valence-corrected chi connectivity index (χ2v) is 18.6. The van der Waals surface area contributed by atoms with Crippen LogP contribution in [0, 0.1) is 17.0 Å². The van der Waals surface area contributed by atoms with Gasteiger partial charge in [-0.2, -0.15) is 0 Å². The van der Waals surface area contributed by atoms with Gasteiger partial charge in [0.2, 0.25) is 0 Å². The summed E-state index contributed by atoms with van der Waals surface area (Å²) in [6, 6.07) is 47.2. The van der Waals surface area contributed by atoms with Crippen molar-refractivity contribution in [3.05, 3.63) is 210 Å². The number of aliphatic hydroxyl groups is 1. The van der Waals surface area contributed by atoms with Gasteiger partial charge in [-0.3, -0.25) is 10.1 Å². The van der Waals surface area contributed by atoms with Gasteiger partial charge < -0.3 is 10.2 Å². The molecule has 0 amide bonds. The van der Waals surface area contributed by atoms with E-state index in [1.807, 2.05) is 36.4 Å². The van der Waals surface area contributed by atoms with E-state index in [0.717, 1.165) is 20.6 Å². The van der Waals surface area contributed by atoms with Crippen molar-refractivity contribution in [3.8, 4) is 5.75 Å². The number of non-ortho nitro benzene ring substituents is 1. The average molecular weight is 940 g/mol. The second kappa shape index (κ2) is 30.4. The first-order valence-corrected chi connectivity index (χ1v) is 23.1. The Morgan fingerprint density at radius 1 is 0.476 bits per heavy atom. The lowest BCUT2D eigenvalue weighted by Crippen LogP contribution is -1.90. The van der Waals surface area contributed by atoms with Crippen molar-refractivity contribution in [1.82, 2.24) is 0 Å². The monoisotopic (exact) mass is 937 g/mol. The van der Waals surface area contributed by atoms with Crippen LogP contribution in [0.5, 0.6) is 5.75 Å². The third-order valence-electron chi connectivity index (χ3n) is 9.98. The molecule has 0 aliphatic rings. The number of halogens is 2. The number of aryl methyl sites for hydroxylation is 1. The molecule has 0 saturated carbocycles. The third-order valence-corrected chi connectivity index (χ3v) is 10.8. The van der Waals surface area contributed by atoms with Gasteiger partial charge in [-0.1, -0.05) is 213 Å².